The summed E-state index contributed by atoms with van der Waals surface area (Å²) in [6.07, 6.45) is 10.8. The SMILES string of the molecule is CCO.O=C(OCCC1CCCCC1)c1cccnc1.[Na+]. The molecular formula is C16H25NNaO3+. The second kappa shape index (κ2) is 13.3. The van der Waals surface area contributed by atoms with Gasteiger partial charge in [0, 0.05) is 19.0 Å². The van der Waals surface area contributed by atoms with Gasteiger partial charge in [-0.25, -0.2) is 4.79 Å². The monoisotopic (exact) mass is 302 g/mol. The molecule has 0 spiro atoms. The van der Waals surface area contributed by atoms with E-state index in [0.29, 0.717) is 12.2 Å². The summed E-state index contributed by atoms with van der Waals surface area (Å²) >= 11 is 0. The minimum atomic E-state index is -0.256. The van der Waals surface area contributed by atoms with Gasteiger partial charge in [-0.15, -0.1) is 0 Å². The molecule has 0 bridgehead atoms. The fourth-order valence-corrected chi connectivity index (χ4v) is 2.36. The second-order valence-corrected chi connectivity index (χ2v) is 4.99. The van der Waals surface area contributed by atoms with E-state index in [1.165, 1.54) is 32.1 Å². The molecule has 5 heteroatoms. The molecule has 1 fully saturated rings. The molecular weight excluding hydrogens is 277 g/mol. The van der Waals surface area contributed by atoms with Gasteiger partial charge in [-0.05, 0) is 31.4 Å². The standard InChI is InChI=1S/C14H19NO2.C2H6O.Na/c16-14(13-7-4-9-15-11-13)17-10-8-12-5-2-1-3-6-12;1-2-3;/h4,7,9,11-12H,1-3,5-6,8,10H2;3H,2H2,1H3;/q;;+1. The Kier molecular flexibility index (Phi) is 13.0. The van der Waals surface area contributed by atoms with E-state index in [1.54, 1.807) is 31.5 Å². The average Bonchev–Trinajstić information content (AvgIpc) is 2.50. The summed E-state index contributed by atoms with van der Waals surface area (Å²) in [4.78, 5) is 15.5. The molecule has 1 aromatic rings. The van der Waals surface area contributed by atoms with Crippen molar-refractivity contribution in [3.05, 3.63) is 30.1 Å². The first-order valence-corrected chi connectivity index (χ1v) is 7.46. The molecule has 21 heavy (non-hydrogen) atoms. The van der Waals surface area contributed by atoms with E-state index in [-0.39, 0.29) is 42.1 Å². The average molecular weight is 302 g/mol. The molecule has 4 nitrogen and oxygen atoms in total. The Bertz CT molecular complexity index is 367. The number of aliphatic hydroxyl groups excluding tert-OH is 1. The molecule has 0 unspecified atom stereocenters. The Labute approximate surface area is 149 Å². The third-order valence-corrected chi connectivity index (χ3v) is 3.38. The first-order chi connectivity index (χ1) is 9.77. The molecule has 0 radical (unpaired) electrons. The topological polar surface area (TPSA) is 59.4 Å². The number of hydrogen-bond acceptors (Lipinski definition) is 4. The van der Waals surface area contributed by atoms with E-state index in [2.05, 4.69) is 4.98 Å². The molecule has 2 rings (SSSR count). The number of esters is 1. The predicted octanol–water partition coefficient (Wildman–Crippen LogP) is 0.211. The third-order valence-electron chi connectivity index (χ3n) is 3.38. The van der Waals surface area contributed by atoms with E-state index < -0.39 is 0 Å². The van der Waals surface area contributed by atoms with Gasteiger partial charge >= 0.3 is 35.5 Å². The van der Waals surface area contributed by atoms with Crippen molar-refractivity contribution in [1.29, 1.82) is 0 Å². The Morgan fingerprint density at radius 2 is 2.05 bits per heavy atom. The van der Waals surface area contributed by atoms with E-state index in [4.69, 9.17) is 9.84 Å². The van der Waals surface area contributed by atoms with Crippen molar-refractivity contribution in [3.63, 3.8) is 0 Å². The quantitative estimate of drug-likeness (QED) is 0.638. The van der Waals surface area contributed by atoms with Gasteiger partial charge in [0.1, 0.15) is 0 Å². The van der Waals surface area contributed by atoms with Crippen LogP contribution in [0.25, 0.3) is 0 Å². The molecule has 0 saturated heterocycles. The molecule has 0 aromatic carbocycles. The Hall–Kier alpha value is -0.420. The van der Waals surface area contributed by atoms with Gasteiger partial charge in [0.15, 0.2) is 0 Å². The zero-order valence-electron chi connectivity index (χ0n) is 13.3. The van der Waals surface area contributed by atoms with Gasteiger partial charge in [-0.3, -0.25) is 4.98 Å². The maximum Gasteiger partial charge on any atom is 1.00 e. The zero-order chi connectivity index (χ0) is 14.6. The number of ether oxygens (including phenoxy) is 1. The molecule has 0 atom stereocenters. The second-order valence-electron chi connectivity index (χ2n) is 4.99. The van der Waals surface area contributed by atoms with E-state index in [0.717, 1.165) is 12.3 Å². The molecule has 1 aliphatic carbocycles. The molecule has 1 N–H and O–H groups in total. The Morgan fingerprint density at radius 1 is 1.38 bits per heavy atom. The van der Waals surface area contributed by atoms with Crippen molar-refractivity contribution in [2.75, 3.05) is 13.2 Å². The largest absolute Gasteiger partial charge is 1.00 e. The summed E-state index contributed by atoms with van der Waals surface area (Å²) in [7, 11) is 0. The van der Waals surface area contributed by atoms with Crippen LogP contribution in [0.1, 0.15) is 55.8 Å². The summed E-state index contributed by atoms with van der Waals surface area (Å²) < 4.78 is 5.25. The van der Waals surface area contributed by atoms with E-state index >= 15 is 0 Å². The summed E-state index contributed by atoms with van der Waals surface area (Å²) in [5, 5.41) is 7.57. The molecule has 1 aliphatic rings. The molecule has 0 aliphatic heterocycles. The van der Waals surface area contributed by atoms with Crippen LogP contribution in [0.5, 0.6) is 0 Å². The number of aliphatic hydroxyl groups is 1. The van der Waals surface area contributed by atoms with Gasteiger partial charge in [0.05, 0.1) is 12.2 Å². The van der Waals surface area contributed by atoms with Gasteiger partial charge in [0.25, 0.3) is 0 Å². The van der Waals surface area contributed by atoms with E-state index in [1.807, 2.05) is 0 Å². The van der Waals surface area contributed by atoms with Crippen molar-refractivity contribution in [2.24, 2.45) is 5.92 Å². The van der Waals surface area contributed by atoms with Crippen molar-refractivity contribution in [1.82, 2.24) is 4.98 Å². The summed E-state index contributed by atoms with van der Waals surface area (Å²) in [6.45, 7) is 2.47. The summed E-state index contributed by atoms with van der Waals surface area (Å²) in [5.41, 5.74) is 0.538. The fourth-order valence-electron chi connectivity index (χ4n) is 2.36. The molecule has 0 amide bonds. The van der Waals surface area contributed by atoms with Gasteiger partial charge < -0.3 is 9.84 Å². The number of aromatic nitrogens is 1. The number of carbonyl (C=O) groups excluding carboxylic acids is 1. The zero-order valence-corrected chi connectivity index (χ0v) is 15.3. The number of rotatable bonds is 4. The number of carbonyl (C=O) groups is 1. The van der Waals surface area contributed by atoms with Crippen LogP contribution in [0, 0.1) is 5.92 Å². The van der Waals surface area contributed by atoms with Crippen LogP contribution in [0.2, 0.25) is 0 Å². The molecule has 1 heterocycles. The van der Waals surface area contributed by atoms with E-state index in [9.17, 15) is 4.79 Å². The van der Waals surface area contributed by atoms with Gasteiger partial charge in [-0.2, -0.15) is 0 Å². The first kappa shape index (κ1) is 20.6. The van der Waals surface area contributed by atoms with Crippen LogP contribution in [0.15, 0.2) is 24.5 Å². The van der Waals surface area contributed by atoms with Crippen LogP contribution in [0.3, 0.4) is 0 Å². The van der Waals surface area contributed by atoms with Crippen LogP contribution >= 0.6 is 0 Å². The molecule has 112 valence electrons. The van der Waals surface area contributed by atoms with Crippen LogP contribution in [0.4, 0.5) is 0 Å². The van der Waals surface area contributed by atoms with Crippen LogP contribution in [-0.2, 0) is 4.74 Å². The normalized spacial score (nSPS) is 14.4. The predicted molar refractivity (Wildman–Crippen MR) is 78.5 cm³/mol. The summed E-state index contributed by atoms with van der Waals surface area (Å²) in [5.74, 6) is 0.499. The minimum Gasteiger partial charge on any atom is -0.462 e. The minimum absolute atomic E-state index is 0. The Balaban J connectivity index is 0.000000922. The number of pyridine rings is 1. The van der Waals surface area contributed by atoms with Crippen LogP contribution in [-0.4, -0.2) is 29.3 Å². The fraction of sp³-hybridized carbons (Fsp3) is 0.625. The molecule has 1 saturated carbocycles. The maximum atomic E-state index is 11.6. The smallest absolute Gasteiger partial charge is 0.462 e. The third kappa shape index (κ3) is 9.25. The summed E-state index contributed by atoms with van der Waals surface area (Å²) in [6, 6.07) is 3.48. The van der Waals surface area contributed by atoms with Gasteiger partial charge in [-0.1, -0.05) is 32.1 Å². The first-order valence-electron chi connectivity index (χ1n) is 7.46. The van der Waals surface area contributed by atoms with Crippen molar-refractivity contribution in [3.8, 4) is 0 Å². The van der Waals surface area contributed by atoms with Crippen molar-refractivity contribution >= 4 is 5.97 Å². The number of hydrogen-bond donors (Lipinski definition) is 1. The maximum absolute atomic E-state index is 11.6. The van der Waals surface area contributed by atoms with Gasteiger partial charge in [0.2, 0.25) is 0 Å². The van der Waals surface area contributed by atoms with Crippen molar-refractivity contribution < 1.29 is 44.2 Å². The molecule has 1 aromatic heterocycles. The Morgan fingerprint density at radius 3 is 2.62 bits per heavy atom. The number of nitrogens with zero attached hydrogens (tertiary/aromatic N) is 1. The van der Waals surface area contributed by atoms with Crippen LogP contribution < -0.4 is 29.6 Å². The van der Waals surface area contributed by atoms with Crippen molar-refractivity contribution in [2.45, 2.75) is 45.4 Å².